The Morgan fingerprint density at radius 2 is 2.00 bits per heavy atom. The zero-order chi connectivity index (χ0) is 11.3. The molecule has 0 saturated heterocycles. The lowest BCUT2D eigenvalue weighted by atomic mass is 9.89. The van der Waals surface area contributed by atoms with Gasteiger partial charge in [0.2, 0.25) is 0 Å². The second kappa shape index (κ2) is 6.49. The Kier molecular flexibility index (Phi) is 5.62. The number of nitrogens with zero attached hydrogens (tertiary/aromatic N) is 1. The summed E-state index contributed by atoms with van der Waals surface area (Å²) in [4.78, 5) is 2.50. The topological polar surface area (TPSA) is 29.3 Å². The average Bonchev–Trinajstić information content (AvgIpc) is 2.18. The zero-order valence-electron chi connectivity index (χ0n) is 10.7. The van der Waals surface area contributed by atoms with Gasteiger partial charge in [-0.1, -0.05) is 33.1 Å². The van der Waals surface area contributed by atoms with E-state index in [0.29, 0.717) is 12.1 Å². The standard InChI is InChI=1S/C13H28N2/c1-4-7-11(2)10-15(3)13-9-6-5-8-12(13)14/h11-13H,4-10,14H2,1-3H3. The highest BCUT2D eigenvalue weighted by atomic mass is 15.1. The smallest absolute Gasteiger partial charge is 0.0244 e. The quantitative estimate of drug-likeness (QED) is 0.759. The molecule has 1 saturated carbocycles. The highest BCUT2D eigenvalue weighted by Gasteiger charge is 2.25. The first-order valence-corrected chi connectivity index (χ1v) is 6.61. The van der Waals surface area contributed by atoms with Crippen LogP contribution in [0.3, 0.4) is 0 Å². The van der Waals surface area contributed by atoms with Gasteiger partial charge in [-0.3, -0.25) is 0 Å². The summed E-state index contributed by atoms with van der Waals surface area (Å²) in [6.45, 7) is 5.84. The molecule has 0 aromatic heterocycles. The van der Waals surface area contributed by atoms with Crippen molar-refractivity contribution in [3.8, 4) is 0 Å². The molecule has 2 heteroatoms. The van der Waals surface area contributed by atoms with Crippen LogP contribution in [0.4, 0.5) is 0 Å². The Hall–Kier alpha value is -0.0800. The van der Waals surface area contributed by atoms with Gasteiger partial charge >= 0.3 is 0 Å². The zero-order valence-corrected chi connectivity index (χ0v) is 10.7. The minimum Gasteiger partial charge on any atom is -0.326 e. The van der Waals surface area contributed by atoms with Crippen LogP contribution in [0, 0.1) is 5.92 Å². The minimum absolute atomic E-state index is 0.414. The molecule has 15 heavy (non-hydrogen) atoms. The Morgan fingerprint density at radius 3 is 2.60 bits per heavy atom. The SMILES string of the molecule is CCCC(C)CN(C)C1CCCCC1N. The molecule has 0 bridgehead atoms. The van der Waals surface area contributed by atoms with Crippen LogP contribution in [0.15, 0.2) is 0 Å². The van der Waals surface area contributed by atoms with E-state index in [-0.39, 0.29) is 0 Å². The molecule has 0 aromatic rings. The van der Waals surface area contributed by atoms with Gasteiger partial charge in [0.25, 0.3) is 0 Å². The van der Waals surface area contributed by atoms with E-state index >= 15 is 0 Å². The molecule has 0 radical (unpaired) electrons. The van der Waals surface area contributed by atoms with E-state index in [9.17, 15) is 0 Å². The first kappa shape index (κ1) is 13.0. The summed E-state index contributed by atoms with van der Waals surface area (Å²) in [7, 11) is 2.25. The van der Waals surface area contributed by atoms with Gasteiger partial charge in [0, 0.05) is 18.6 Å². The molecule has 0 spiro atoms. The molecule has 1 rings (SSSR count). The maximum Gasteiger partial charge on any atom is 0.0244 e. The Balaban J connectivity index is 2.34. The molecule has 3 atom stereocenters. The van der Waals surface area contributed by atoms with Crippen LogP contribution in [0.2, 0.25) is 0 Å². The molecule has 3 unspecified atom stereocenters. The van der Waals surface area contributed by atoms with Crippen molar-refractivity contribution >= 4 is 0 Å². The van der Waals surface area contributed by atoms with E-state index in [0.717, 1.165) is 5.92 Å². The number of nitrogens with two attached hydrogens (primary N) is 1. The van der Waals surface area contributed by atoms with Crippen LogP contribution in [-0.4, -0.2) is 30.6 Å². The first-order chi connectivity index (χ1) is 7.15. The molecule has 2 N–H and O–H groups in total. The number of hydrogen-bond donors (Lipinski definition) is 1. The van der Waals surface area contributed by atoms with E-state index < -0.39 is 0 Å². The first-order valence-electron chi connectivity index (χ1n) is 6.61. The summed E-state index contributed by atoms with van der Waals surface area (Å²) >= 11 is 0. The predicted molar refractivity (Wildman–Crippen MR) is 66.9 cm³/mol. The molecule has 0 heterocycles. The lowest BCUT2D eigenvalue weighted by Crippen LogP contribution is -2.49. The number of hydrogen-bond acceptors (Lipinski definition) is 2. The highest BCUT2D eigenvalue weighted by molar-refractivity contribution is 4.84. The maximum absolute atomic E-state index is 6.19. The van der Waals surface area contributed by atoms with Crippen LogP contribution >= 0.6 is 0 Å². The normalized spacial score (nSPS) is 29.4. The molecule has 1 aliphatic carbocycles. The molecule has 0 aromatic carbocycles. The third-order valence-corrected chi connectivity index (χ3v) is 3.73. The van der Waals surface area contributed by atoms with E-state index in [1.807, 2.05) is 0 Å². The third kappa shape index (κ3) is 4.12. The Morgan fingerprint density at radius 1 is 1.33 bits per heavy atom. The van der Waals surface area contributed by atoms with Crippen molar-refractivity contribution in [2.24, 2.45) is 11.7 Å². The van der Waals surface area contributed by atoms with Crippen molar-refractivity contribution < 1.29 is 0 Å². The number of likely N-dealkylation sites (N-methyl/N-ethyl adjacent to an activating group) is 1. The Labute approximate surface area is 95.2 Å². The fourth-order valence-electron chi connectivity index (χ4n) is 2.90. The second-order valence-electron chi connectivity index (χ2n) is 5.35. The van der Waals surface area contributed by atoms with Gasteiger partial charge in [0.15, 0.2) is 0 Å². The summed E-state index contributed by atoms with van der Waals surface area (Å²) in [5.41, 5.74) is 6.19. The summed E-state index contributed by atoms with van der Waals surface area (Å²) in [5.74, 6) is 0.814. The molecular formula is C13H28N2. The monoisotopic (exact) mass is 212 g/mol. The van der Waals surface area contributed by atoms with Gasteiger partial charge in [0.1, 0.15) is 0 Å². The van der Waals surface area contributed by atoms with E-state index in [2.05, 4.69) is 25.8 Å². The van der Waals surface area contributed by atoms with Crippen LogP contribution in [0.25, 0.3) is 0 Å². The van der Waals surface area contributed by atoms with Crippen LogP contribution in [0.5, 0.6) is 0 Å². The van der Waals surface area contributed by atoms with Gasteiger partial charge in [-0.25, -0.2) is 0 Å². The van der Waals surface area contributed by atoms with Crippen LogP contribution < -0.4 is 5.73 Å². The van der Waals surface area contributed by atoms with Crippen LogP contribution in [-0.2, 0) is 0 Å². The van der Waals surface area contributed by atoms with Crippen molar-refractivity contribution in [3.05, 3.63) is 0 Å². The highest BCUT2D eigenvalue weighted by Crippen LogP contribution is 2.22. The largest absolute Gasteiger partial charge is 0.326 e. The summed E-state index contributed by atoms with van der Waals surface area (Å²) in [6, 6.07) is 1.05. The van der Waals surface area contributed by atoms with Gasteiger partial charge in [-0.2, -0.15) is 0 Å². The van der Waals surface area contributed by atoms with Crippen molar-refractivity contribution in [3.63, 3.8) is 0 Å². The molecule has 90 valence electrons. The summed E-state index contributed by atoms with van der Waals surface area (Å²) in [5, 5.41) is 0. The van der Waals surface area contributed by atoms with E-state index in [1.54, 1.807) is 0 Å². The van der Waals surface area contributed by atoms with Crippen molar-refractivity contribution in [2.45, 2.75) is 64.5 Å². The fourth-order valence-corrected chi connectivity index (χ4v) is 2.90. The molecule has 1 fully saturated rings. The Bertz CT molecular complexity index is 170. The van der Waals surface area contributed by atoms with Crippen LogP contribution in [0.1, 0.15) is 52.4 Å². The fraction of sp³-hybridized carbons (Fsp3) is 1.00. The van der Waals surface area contributed by atoms with Crippen molar-refractivity contribution in [2.75, 3.05) is 13.6 Å². The summed E-state index contributed by atoms with van der Waals surface area (Å²) < 4.78 is 0. The third-order valence-electron chi connectivity index (χ3n) is 3.73. The van der Waals surface area contributed by atoms with E-state index in [1.165, 1.54) is 45.1 Å². The molecule has 2 nitrogen and oxygen atoms in total. The maximum atomic E-state index is 6.19. The van der Waals surface area contributed by atoms with Gasteiger partial charge < -0.3 is 10.6 Å². The lowest BCUT2D eigenvalue weighted by Gasteiger charge is -2.37. The van der Waals surface area contributed by atoms with E-state index in [4.69, 9.17) is 5.73 Å². The van der Waals surface area contributed by atoms with Crippen molar-refractivity contribution in [1.82, 2.24) is 4.90 Å². The molecule has 1 aliphatic rings. The summed E-state index contributed by atoms with van der Waals surface area (Å²) in [6.07, 6.45) is 7.85. The lowest BCUT2D eigenvalue weighted by molar-refractivity contribution is 0.148. The molecular weight excluding hydrogens is 184 g/mol. The minimum atomic E-state index is 0.414. The van der Waals surface area contributed by atoms with Crippen molar-refractivity contribution in [1.29, 1.82) is 0 Å². The average molecular weight is 212 g/mol. The molecule has 0 aliphatic heterocycles. The predicted octanol–water partition coefficient (Wildman–Crippen LogP) is 2.62. The van der Waals surface area contributed by atoms with Gasteiger partial charge in [-0.05, 0) is 32.2 Å². The second-order valence-corrected chi connectivity index (χ2v) is 5.35. The van der Waals surface area contributed by atoms with Gasteiger partial charge in [-0.15, -0.1) is 0 Å². The molecule has 0 amide bonds. The number of rotatable bonds is 5. The van der Waals surface area contributed by atoms with Gasteiger partial charge in [0.05, 0.1) is 0 Å².